The topological polar surface area (TPSA) is 49.4 Å². The fraction of sp³-hybridized carbons (Fsp3) is 0.867. The molecule has 0 aromatic heterocycles. The summed E-state index contributed by atoms with van der Waals surface area (Å²) in [5, 5.41) is -0.0944. The summed E-state index contributed by atoms with van der Waals surface area (Å²) >= 11 is 0. The molecule has 1 heterocycles. The molecule has 4 nitrogen and oxygen atoms in total. The molecule has 1 unspecified atom stereocenters. The minimum absolute atomic E-state index is 0.0944. The van der Waals surface area contributed by atoms with Crippen LogP contribution in [0.3, 0.4) is 0 Å². The van der Waals surface area contributed by atoms with Crippen LogP contribution >= 0.6 is 0 Å². The lowest BCUT2D eigenvalue weighted by atomic mass is 9.95. The van der Waals surface area contributed by atoms with Gasteiger partial charge in [-0.2, -0.15) is 0 Å². The molecule has 0 aromatic carbocycles. The Morgan fingerprint density at radius 2 is 2.05 bits per heavy atom. The summed E-state index contributed by atoms with van der Waals surface area (Å²) in [6.07, 6.45) is 7.40. The zero-order valence-corrected chi connectivity index (χ0v) is 13.6. The van der Waals surface area contributed by atoms with E-state index in [-0.39, 0.29) is 5.25 Å². The van der Waals surface area contributed by atoms with Crippen molar-refractivity contribution in [2.45, 2.75) is 51.2 Å². The van der Waals surface area contributed by atoms with E-state index in [9.17, 15) is 8.42 Å². The van der Waals surface area contributed by atoms with Gasteiger partial charge in [0.1, 0.15) is 0 Å². The molecule has 0 bridgehead atoms. The number of rotatable bonds is 7. The van der Waals surface area contributed by atoms with E-state index in [1.807, 2.05) is 0 Å². The summed E-state index contributed by atoms with van der Waals surface area (Å²) in [6.45, 7) is 8.19. The zero-order valence-electron chi connectivity index (χ0n) is 12.8. The SMILES string of the molecule is CC(C)=CCN1CCCC(CCNS(=O)(=O)C2CC2)C1. The van der Waals surface area contributed by atoms with Crippen LogP contribution in [0.2, 0.25) is 0 Å². The Balaban J connectivity index is 1.69. The maximum atomic E-state index is 11.7. The summed E-state index contributed by atoms with van der Waals surface area (Å²) in [7, 11) is -3.00. The molecule has 5 heteroatoms. The third kappa shape index (κ3) is 5.19. The van der Waals surface area contributed by atoms with Gasteiger partial charge in [-0.25, -0.2) is 13.1 Å². The first kappa shape index (κ1) is 16.0. The number of hydrogen-bond donors (Lipinski definition) is 1. The summed E-state index contributed by atoms with van der Waals surface area (Å²) in [5.74, 6) is 0.635. The molecule has 1 aliphatic heterocycles. The van der Waals surface area contributed by atoms with Crippen molar-refractivity contribution in [3.05, 3.63) is 11.6 Å². The van der Waals surface area contributed by atoms with E-state index in [2.05, 4.69) is 29.5 Å². The van der Waals surface area contributed by atoms with Crippen LogP contribution in [0, 0.1) is 5.92 Å². The van der Waals surface area contributed by atoms with Crippen LogP contribution in [-0.2, 0) is 10.0 Å². The Bertz CT molecular complexity index is 437. The average molecular weight is 300 g/mol. The molecule has 1 atom stereocenters. The predicted octanol–water partition coefficient (Wildman–Crippen LogP) is 2.14. The number of sulfonamides is 1. The van der Waals surface area contributed by atoms with Gasteiger partial charge in [-0.15, -0.1) is 0 Å². The quantitative estimate of drug-likeness (QED) is 0.733. The highest BCUT2D eigenvalue weighted by Gasteiger charge is 2.35. The highest BCUT2D eigenvalue weighted by Crippen LogP contribution is 2.27. The smallest absolute Gasteiger partial charge is 0.214 e. The zero-order chi connectivity index (χ0) is 14.6. The summed E-state index contributed by atoms with van der Waals surface area (Å²) in [4.78, 5) is 2.48. The maximum absolute atomic E-state index is 11.7. The Morgan fingerprint density at radius 3 is 2.70 bits per heavy atom. The molecule has 1 aliphatic carbocycles. The third-order valence-electron chi connectivity index (χ3n) is 4.18. The van der Waals surface area contributed by atoms with Gasteiger partial charge in [0.05, 0.1) is 5.25 Å². The molecule has 1 saturated heterocycles. The van der Waals surface area contributed by atoms with Crippen molar-refractivity contribution in [1.82, 2.24) is 9.62 Å². The van der Waals surface area contributed by atoms with Gasteiger partial charge >= 0.3 is 0 Å². The van der Waals surface area contributed by atoms with Gasteiger partial charge in [-0.1, -0.05) is 11.6 Å². The first-order chi connectivity index (χ1) is 9.47. The van der Waals surface area contributed by atoms with Crippen LogP contribution in [-0.4, -0.2) is 44.7 Å². The van der Waals surface area contributed by atoms with Crippen molar-refractivity contribution >= 4 is 10.0 Å². The van der Waals surface area contributed by atoms with Crippen molar-refractivity contribution in [1.29, 1.82) is 0 Å². The molecule has 0 aromatic rings. The van der Waals surface area contributed by atoms with Crippen LogP contribution < -0.4 is 4.72 Å². The normalized spacial score (nSPS) is 24.6. The van der Waals surface area contributed by atoms with Gasteiger partial charge in [0.15, 0.2) is 0 Å². The Labute approximate surface area is 123 Å². The van der Waals surface area contributed by atoms with Gasteiger partial charge in [-0.05, 0) is 58.4 Å². The number of nitrogens with zero attached hydrogens (tertiary/aromatic N) is 1. The molecular formula is C15H28N2O2S. The van der Waals surface area contributed by atoms with Crippen molar-refractivity contribution in [2.24, 2.45) is 5.92 Å². The molecule has 2 aliphatic rings. The van der Waals surface area contributed by atoms with E-state index in [4.69, 9.17) is 0 Å². The van der Waals surface area contributed by atoms with E-state index in [1.165, 1.54) is 25.0 Å². The van der Waals surface area contributed by atoms with Crippen LogP contribution in [0.15, 0.2) is 11.6 Å². The monoisotopic (exact) mass is 300 g/mol. The van der Waals surface area contributed by atoms with Gasteiger partial charge in [0, 0.05) is 19.6 Å². The minimum atomic E-state index is -3.00. The van der Waals surface area contributed by atoms with E-state index in [0.29, 0.717) is 12.5 Å². The fourth-order valence-electron chi connectivity index (χ4n) is 2.77. The molecule has 0 radical (unpaired) electrons. The highest BCUT2D eigenvalue weighted by molar-refractivity contribution is 7.90. The highest BCUT2D eigenvalue weighted by atomic mass is 32.2. The van der Waals surface area contributed by atoms with E-state index >= 15 is 0 Å². The first-order valence-corrected chi connectivity index (χ1v) is 9.36. The Hall–Kier alpha value is -0.390. The molecule has 116 valence electrons. The van der Waals surface area contributed by atoms with Crippen LogP contribution in [0.1, 0.15) is 46.0 Å². The second-order valence-electron chi connectivity index (χ2n) is 6.48. The van der Waals surface area contributed by atoms with Gasteiger partial charge in [0.25, 0.3) is 0 Å². The van der Waals surface area contributed by atoms with Crippen LogP contribution in [0.4, 0.5) is 0 Å². The second kappa shape index (κ2) is 7.05. The Kier molecular flexibility index (Phi) is 5.64. The van der Waals surface area contributed by atoms with Gasteiger partial charge < -0.3 is 0 Å². The number of nitrogens with one attached hydrogen (secondary N) is 1. The predicted molar refractivity (Wildman–Crippen MR) is 83.2 cm³/mol. The largest absolute Gasteiger partial charge is 0.299 e. The van der Waals surface area contributed by atoms with E-state index < -0.39 is 10.0 Å². The second-order valence-corrected chi connectivity index (χ2v) is 8.52. The molecular weight excluding hydrogens is 272 g/mol. The summed E-state index contributed by atoms with van der Waals surface area (Å²) < 4.78 is 26.3. The van der Waals surface area contributed by atoms with Gasteiger partial charge in [0.2, 0.25) is 10.0 Å². The van der Waals surface area contributed by atoms with E-state index in [0.717, 1.165) is 32.4 Å². The van der Waals surface area contributed by atoms with Crippen LogP contribution in [0.25, 0.3) is 0 Å². The molecule has 2 fully saturated rings. The third-order valence-corrected chi connectivity index (χ3v) is 6.14. The van der Waals surface area contributed by atoms with Gasteiger partial charge in [-0.3, -0.25) is 4.90 Å². The fourth-order valence-corrected chi connectivity index (χ4v) is 4.16. The minimum Gasteiger partial charge on any atom is -0.299 e. The van der Waals surface area contributed by atoms with E-state index in [1.54, 1.807) is 0 Å². The lowest BCUT2D eigenvalue weighted by Crippen LogP contribution is -2.37. The molecule has 0 spiro atoms. The lowest BCUT2D eigenvalue weighted by Gasteiger charge is -2.32. The summed E-state index contributed by atoms with van der Waals surface area (Å²) in [5.41, 5.74) is 1.37. The molecule has 1 N–H and O–H groups in total. The number of hydrogen-bond acceptors (Lipinski definition) is 3. The van der Waals surface area contributed by atoms with Crippen molar-refractivity contribution in [2.75, 3.05) is 26.2 Å². The maximum Gasteiger partial charge on any atom is 0.214 e. The van der Waals surface area contributed by atoms with Crippen LogP contribution in [0.5, 0.6) is 0 Å². The molecule has 1 saturated carbocycles. The Morgan fingerprint density at radius 1 is 1.30 bits per heavy atom. The number of likely N-dealkylation sites (tertiary alicyclic amines) is 1. The molecule has 0 amide bonds. The average Bonchev–Trinajstić information content (AvgIpc) is 3.21. The standard InChI is InChI=1S/C15H28N2O2S/c1-13(2)8-11-17-10-3-4-14(12-17)7-9-16-20(18,19)15-5-6-15/h8,14-16H,3-7,9-12H2,1-2H3. The van der Waals surface area contributed by atoms with Crippen molar-refractivity contribution in [3.63, 3.8) is 0 Å². The van der Waals surface area contributed by atoms with Crippen molar-refractivity contribution < 1.29 is 8.42 Å². The first-order valence-electron chi connectivity index (χ1n) is 7.81. The molecule has 20 heavy (non-hydrogen) atoms. The molecule has 2 rings (SSSR count). The summed E-state index contributed by atoms with van der Waals surface area (Å²) in [6, 6.07) is 0. The number of piperidine rings is 1. The van der Waals surface area contributed by atoms with Crippen molar-refractivity contribution in [3.8, 4) is 0 Å². The lowest BCUT2D eigenvalue weighted by molar-refractivity contribution is 0.185. The number of allylic oxidation sites excluding steroid dienone is 1.